The Morgan fingerprint density at radius 2 is 2.00 bits per heavy atom. The van der Waals surface area contributed by atoms with Crippen LogP contribution in [0.25, 0.3) is 11.3 Å². The van der Waals surface area contributed by atoms with Gasteiger partial charge in [-0.3, -0.25) is 4.98 Å². The van der Waals surface area contributed by atoms with Crippen LogP contribution in [0.2, 0.25) is 0 Å². The highest BCUT2D eigenvalue weighted by molar-refractivity contribution is 5.58. The second-order valence-electron chi connectivity index (χ2n) is 2.35. The van der Waals surface area contributed by atoms with Crippen molar-refractivity contribution in [2.24, 2.45) is 0 Å². The van der Waals surface area contributed by atoms with Crippen LogP contribution in [0.15, 0.2) is 35.1 Å². The lowest BCUT2D eigenvalue weighted by Gasteiger charge is -1.90. The van der Waals surface area contributed by atoms with E-state index < -0.39 is 0 Å². The number of rotatable bonds is 1. The molecule has 0 aromatic carbocycles. The molecule has 0 spiro atoms. The fraction of sp³-hybridized carbons (Fsp3) is 0. The molecule has 2 aromatic heterocycles. The third-order valence-corrected chi connectivity index (χ3v) is 1.49. The van der Waals surface area contributed by atoms with Gasteiger partial charge in [0.1, 0.15) is 0 Å². The summed E-state index contributed by atoms with van der Waals surface area (Å²) in [6.07, 6.45) is 3.38. The van der Waals surface area contributed by atoms with Crippen LogP contribution < -0.4 is 5.73 Å². The molecule has 2 heterocycles. The van der Waals surface area contributed by atoms with Gasteiger partial charge in [0.15, 0.2) is 11.6 Å². The van der Waals surface area contributed by atoms with E-state index in [0.29, 0.717) is 11.6 Å². The normalized spacial score (nSPS) is 10.0. The van der Waals surface area contributed by atoms with Gasteiger partial charge in [-0.05, 0) is 12.1 Å². The molecule has 0 bridgehead atoms. The molecular formula is C8H7N3O. The minimum Gasteiger partial charge on any atom is -0.381 e. The minimum atomic E-state index is 0.391. The highest BCUT2D eigenvalue weighted by Gasteiger charge is 2.02. The summed E-state index contributed by atoms with van der Waals surface area (Å²) in [6, 6.07) is 5.34. The van der Waals surface area contributed by atoms with Crippen molar-refractivity contribution in [3.63, 3.8) is 0 Å². The van der Waals surface area contributed by atoms with Crippen molar-refractivity contribution in [2.75, 3.05) is 5.73 Å². The fourth-order valence-corrected chi connectivity index (χ4v) is 0.941. The third-order valence-electron chi connectivity index (χ3n) is 1.49. The number of hydrogen-bond donors (Lipinski definition) is 1. The molecule has 2 N–H and O–H groups in total. The Morgan fingerprint density at radius 3 is 2.58 bits per heavy atom. The molecule has 0 fully saturated rings. The van der Waals surface area contributed by atoms with Gasteiger partial charge in [-0.1, -0.05) is 5.16 Å². The minimum absolute atomic E-state index is 0.391. The number of nitrogens with zero attached hydrogens (tertiary/aromatic N) is 2. The van der Waals surface area contributed by atoms with E-state index in [9.17, 15) is 0 Å². The summed E-state index contributed by atoms with van der Waals surface area (Å²) in [5, 5.41) is 3.58. The SMILES string of the molecule is Nc1cc(-c2ccncc2)on1. The van der Waals surface area contributed by atoms with E-state index in [0.717, 1.165) is 5.56 Å². The molecule has 0 aliphatic heterocycles. The number of anilines is 1. The monoisotopic (exact) mass is 161 g/mol. The van der Waals surface area contributed by atoms with E-state index in [4.69, 9.17) is 10.3 Å². The molecule has 0 unspecified atom stereocenters. The molecule has 60 valence electrons. The first-order chi connectivity index (χ1) is 5.86. The Labute approximate surface area is 69.0 Å². The molecule has 0 saturated heterocycles. The summed E-state index contributed by atoms with van der Waals surface area (Å²) in [5.74, 6) is 1.05. The molecular weight excluding hydrogens is 154 g/mol. The van der Waals surface area contributed by atoms with Crippen LogP contribution in [0.4, 0.5) is 5.82 Å². The maximum Gasteiger partial charge on any atom is 0.169 e. The predicted molar refractivity (Wildman–Crippen MR) is 44.1 cm³/mol. The summed E-state index contributed by atoms with van der Waals surface area (Å²) in [4.78, 5) is 3.88. The highest BCUT2D eigenvalue weighted by Crippen LogP contribution is 2.19. The van der Waals surface area contributed by atoms with Gasteiger partial charge in [0.25, 0.3) is 0 Å². The van der Waals surface area contributed by atoms with Crippen molar-refractivity contribution in [3.05, 3.63) is 30.6 Å². The van der Waals surface area contributed by atoms with E-state index in [1.54, 1.807) is 18.5 Å². The smallest absolute Gasteiger partial charge is 0.169 e. The van der Waals surface area contributed by atoms with E-state index in [1.165, 1.54) is 0 Å². The first kappa shape index (κ1) is 6.84. The number of nitrogens with two attached hydrogens (primary N) is 1. The van der Waals surface area contributed by atoms with Crippen LogP contribution in [0.1, 0.15) is 0 Å². The molecule has 0 aliphatic carbocycles. The van der Waals surface area contributed by atoms with E-state index in [1.807, 2.05) is 12.1 Å². The van der Waals surface area contributed by atoms with Crippen molar-refractivity contribution < 1.29 is 4.52 Å². The standard InChI is InChI=1S/C8H7N3O/c9-8-5-7(12-11-8)6-1-3-10-4-2-6/h1-5H,(H2,9,11). The van der Waals surface area contributed by atoms with Crippen LogP contribution in [0, 0.1) is 0 Å². The maximum absolute atomic E-state index is 5.40. The summed E-state index contributed by atoms with van der Waals surface area (Å²) >= 11 is 0. The number of pyridine rings is 1. The predicted octanol–water partition coefficient (Wildman–Crippen LogP) is 1.32. The lowest BCUT2D eigenvalue weighted by atomic mass is 10.2. The van der Waals surface area contributed by atoms with Crippen molar-refractivity contribution >= 4 is 5.82 Å². The van der Waals surface area contributed by atoms with Gasteiger partial charge in [0.2, 0.25) is 0 Å². The van der Waals surface area contributed by atoms with Gasteiger partial charge < -0.3 is 10.3 Å². The van der Waals surface area contributed by atoms with Gasteiger partial charge in [-0.25, -0.2) is 0 Å². The van der Waals surface area contributed by atoms with Crippen molar-refractivity contribution in [1.82, 2.24) is 10.1 Å². The molecule has 4 nitrogen and oxygen atoms in total. The molecule has 4 heteroatoms. The van der Waals surface area contributed by atoms with Gasteiger partial charge in [0.05, 0.1) is 0 Å². The molecule has 0 saturated carbocycles. The van der Waals surface area contributed by atoms with E-state index in [-0.39, 0.29) is 0 Å². The third kappa shape index (κ3) is 1.14. The van der Waals surface area contributed by atoms with Gasteiger partial charge >= 0.3 is 0 Å². The topological polar surface area (TPSA) is 64.9 Å². The first-order valence-electron chi connectivity index (χ1n) is 3.49. The molecule has 0 radical (unpaired) electrons. The zero-order chi connectivity index (χ0) is 8.39. The molecule has 2 rings (SSSR count). The summed E-state index contributed by atoms with van der Waals surface area (Å²) in [5.41, 5.74) is 6.32. The second kappa shape index (κ2) is 2.65. The summed E-state index contributed by atoms with van der Waals surface area (Å²) < 4.78 is 4.95. The zero-order valence-electron chi connectivity index (χ0n) is 6.27. The average Bonchev–Trinajstić information content (AvgIpc) is 2.54. The second-order valence-corrected chi connectivity index (χ2v) is 2.35. The molecule has 0 amide bonds. The average molecular weight is 161 g/mol. The fourth-order valence-electron chi connectivity index (χ4n) is 0.941. The first-order valence-corrected chi connectivity index (χ1v) is 3.49. The highest BCUT2D eigenvalue weighted by atomic mass is 16.5. The Hall–Kier alpha value is -1.84. The van der Waals surface area contributed by atoms with Crippen molar-refractivity contribution in [2.45, 2.75) is 0 Å². The van der Waals surface area contributed by atoms with Crippen molar-refractivity contribution in [1.29, 1.82) is 0 Å². The van der Waals surface area contributed by atoms with Gasteiger partial charge in [0, 0.05) is 24.0 Å². The summed E-state index contributed by atoms with van der Waals surface area (Å²) in [7, 11) is 0. The Kier molecular flexibility index (Phi) is 1.51. The lowest BCUT2D eigenvalue weighted by Crippen LogP contribution is -1.80. The van der Waals surface area contributed by atoms with Crippen LogP contribution >= 0.6 is 0 Å². The van der Waals surface area contributed by atoms with Crippen molar-refractivity contribution in [3.8, 4) is 11.3 Å². The quantitative estimate of drug-likeness (QED) is 0.685. The zero-order valence-corrected chi connectivity index (χ0v) is 6.27. The van der Waals surface area contributed by atoms with Crippen LogP contribution in [-0.2, 0) is 0 Å². The number of nitrogen functional groups attached to an aromatic ring is 1. The summed E-state index contributed by atoms with van der Waals surface area (Å²) in [6.45, 7) is 0. The molecule has 12 heavy (non-hydrogen) atoms. The van der Waals surface area contributed by atoms with Crippen LogP contribution in [0.5, 0.6) is 0 Å². The van der Waals surface area contributed by atoms with E-state index in [2.05, 4.69) is 10.1 Å². The largest absolute Gasteiger partial charge is 0.381 e. The number of hydrogen-bond acceptors (Lipinski definition) is 4. The maximum atomic E-state index is 5.40. The lowest BCUT2D eigenvalue weighted by molar-refractivity contribution is 0.436. The van der Waals surface area contributed by atoms with E-state index >= 15 is 0 Å². The number of aromatic nitrogens is 2. The van der Waals surface area contributed by atoms with Crippen LogP contribution in [0.3, 0.4) is 0 Å². The Bertz CT molecular complexity index is 369. The van der Waals surface area contributed by atoms with Crippen LogP contribution in [-0.4, -0.2) is 10.1 Å². The molecule has 0 atom stereocenters. The molecule has 2 aromatic rings. The Morgan fingerprint density at radius 1 is 1.25 bits per heavy atom. The van der Waals surface area contributed by atoms with Gasteiger partial charge in [-0.2, -0.15) is 0 Å². The Balaban J connectivity index is 2.45. The van der Waals surface area contributed by atoms with Gasteiger partial charge in [-0.15, -0.1) is 0 Å². The molecule has 0 aliphatic rings.